The molecule has 0 bridgehead atoms. The molecule has 1 heteroatoms. The van der Waals surface area contributed by atoms with Gasteiger partial charge in [0.15, 0.2) is 0 Å². The zero-order valence-corrected chi connectivity index (χ0v) is 27.0. The van der Waals surface area contributed by atoms with Crippen molar-refractivity contribution in [3.8, 4) is 11.1 Å². The highest BCUT2D eigenvalue weighted by Gasteiger charge is 2.30. The molecule has 0 nitrogen and oxygen atoms in total. The summed E-state index contributed by atoms with van der Waals surface area (Å²) >= 11 is 0. The summed E-state index contributed by atoms with van der Waals surface area (Å²) in [6.45, 7) is 13.8. The van der Waals surface area contributed by atoms with Gasteiger partial charge in [0.25, 0.3) is 0 Å². The first-order chi connectivity index (χ1) is 21.8. The van der Waals surface area contributed by atoms with Crippen molar-refractivity contribution in [3.63, 3.8) is 0 Å². The molecule has 0 saturated heterocycles. The lowest BCUT2D eigenvalue weighted by molar-refractivity contribution is 1.34. The minimum atomic E-state index is 0.133. The molecule has 0 unspecified atom stereocenters. The van der Waals surface area contributed by atoms with Crippen molar-refractivity contribution in [2.45, 2.75) is 41.5 Å². The molecule has 0 spiro atoms. The van der Waals surface area contributed by atoms with Crippen LogP contribution >= 0.6 is 0 Å². The fourth-order valence-electron chi connectivity index (χ4n) is 8.52. The molecule has 216 valence electrons. The van der Waals surface area contributed by atoms with Crippen LogP contribution in [0.4, 0.5) is 0 Å². The van der Waals surface area contributed by atoms with Crippen molar-refractivity contribution in [2.75, 3.05) is 0 Å². The van der Waals surface area contributed by atoms with Gasteiger partial charge in [0, 0.05) is 0 Å². The van der Waals surface area contributed by atoms with Crippen LogP contribution in [0.3, 0.4) is 0 Å². The maximum Gasteiger partial charge on any atom is 0.243 e. The molecule has 0 saturated carbocycles. The summed E-state index contributed by atoms with van der Waals surface area (Å²) in [4.78, 5) is 0. The van der Waals surface area contributed by atoms with Crippen LogP contribution in [0, 0.1) is 41.5 Å². The molecule has 8 rings (SSSR count). The molecule has 0 fully saturated rings. The van der Waals surface area contributed by atoms with Crippen molar-refractivity contribution < 1.29 is 0 Å². The average molecular weight is 577 g/mol. The maximum absolute atomic E-state index is 2.42. The topological polar surface area (TPSA) is 0 Å². The second-order valence-electron chi connectivity index (χ2n) is 13.3. The number of rotatable bonds is 4. The summed E-state index contributed by atoms with van der Waals surface area (Å²) in [6, 6.07) is 43.7. The Morgan fingerprint density at radius 2 is 0.867 bits per heavy atom. The van der Waals surface area contributed by atoms with Gasteiger partial charge in [0.2, 0.25) is 6.71 Å². The van der Waals surface area contributed by atoms with Gasteiger partial charge in [-0.3, -0.25) is 0 Å². The highest BCUT2D eigenvalue weighted by Crippen LogP contribution is 2.40. The van der Waals surface area contributed by atoms with Crippen LogP contribution in [0.2, 0.25) is 0 Å². The molecule has 45 heavy (non-hydrogen) atoms. The van der Waals surface area contributed by atoms with Crippen molar-refractivity contribution in [1.29, 1.82) is 0 Å². The standard InChI is InChI=1S/C44H37B/c1-26-22-28(3)43(29(4)23-26)45(44-30(5)24-27(2)25-31(44)6)40-21-17-34-15-14-33-16-18-37(38-19-20-39(40)42(34)41(33)38)36-13-9-11-32-10-7-8-12-35(32)36/h7-25H,1-6H3. The smallest absolute Gasteiger partial charge is 0.0657 e. The molecule has 8 aromatic carbocycles. The van der Waals surface area contributed by atoms with E-state index in [4.69, 9.17) is 0 Å². The van der Waals surface area contributed by atoms with E-state index in [-0.39, 0.29) is 6.71 Å². The number of hydrogen-bond acceptors (Lipinski definition) is 0. The SMILES string of the molecule is Cc1cc(C)c(B(c2c(C)cc(C)cc2C)c2ccc3ccc4ccc(-c5cccc6ccccc56)c5ccc2c3c45)c(C)c1. The van der Waals surface area contributed by atoms with E-state index < -0.39 is 0 Å². The van der Waals surface area contributed by atoms with Crippen LogP contribution in [0.5, 0.6) is 0 Å². The molecular weight excluding hydrogens is 539 g/mol. The molecule has 0 heterocycles. The van der Waals surface area contributed by atoms with E-state index in [0.29, 0.717) is 0 Å². The molecule has 0 aromatic heterocycles. The molecule has 0 N–H and O–H groups in total. The van der Waals surface area contributed by atoms with Crippen LogP contribution < -0.4 is 16.4 Å². The van der Waals surface area contributed by atoms with E-state index in [1.165, 1.54) is 104 Å². The van der Waals surface area contributed by atoms with E-state index in [1.54, 1.807) is 0 Å². The summed E-state index contributed by atoms with van der Waals surface area (Å²) in [5.41, 5.74) is 14.9. The highest BCUT2D eigenvalue weighted by atomic mass is 14.2. The third kappa shape index (κ3) is 4.29. The van der Waals surface area contributed by atoms with Crippen molar-refractivity contribution >= 4 is 66.2 Å². The first-order valence-electron chi connectivity index (χ1n) is 16.1. The Bertz CT molecular complexity index is 2340. The number of fused-ring (bicyclic) bond motifs is 1. The van der Waals surface area contributed by atoms with Gasteiger partial charge in [-0.25, -0.2) is 0 Å². The Balaban J connectivity index is 1.48. The fourth-order valence-corrected chi connectivity index (χ4v) is 8.52. The van der Waals surface area contributed by atoms with E-state index in [2.05, 4.69) is 157 Å². The summed E-state index contributed by atoms with van der Waals surface area (Å²) in [6.07, 6.45) is 0. The first kappa shape index (κ1) is 27.7. The Labute approximate surface area is 266 Å². The lowest BCUT2D eigenvalue weighted by atomic mass is 9.33. The van der Waals surface area contributed by atoms with Gasteiger partial charge >= 0.3 is 0 Å². The van der Waals surface area contributed by atoms with E-state index in [9.17, 15) is 0 Å². The molecule has 0 aliphatic rings. The minimum absolute atomic E-state index is 0.133. The van der Waals surface area contributed by atoms with Gasteiger partial charge in [0.1, 0.15) is 0 Å². The fraction of sp³-hybridized carbons (Fsp3) is 0.136. The third-order valence-corrected chi connectivity index (χ3v) is 10.1. The van der Waals surface area contributed by atoms with Gasteiger partial charge in [-0.15, -0.1) is 0 Å². The molecule has 0 aliphatic heterocycles. The lowest BCUT2D eigenvalue weighted by Gasteiger charge is -2.26. The van der Waals surface area contributed by atoms with Crippen molar-refractivity contribution in [2.24, 2.45) is 0 Å². The van der Waals surface area contributed by atoms with Crippen molar-refractivity contribution in [3.05, 3.63) is 149 Å². The number of hydrogen-bond donors (Lipinski definition) is 0. The molecular formula is C44H37B. The van der Waals surface area contributed by atoms with E-state index in [1.807, 2.05) is 0 Å². The second kappa shape index (κ2) is 10.4. The normalized spacial score (nSPS) is 11.8. The summed E-state index contributed by atoms with van der Waals surface area (Å²) in [5, 5.41) is 10.6. The second-order valence-corrected chi connectivity index (χ2v) is 13.3. The Hall–Kier alpha value is -4.88. The van der Waals surface area contributed by atoms with Crippen LogP contribution in [0.25, 0.3) is 54.2 Å². The molecule has 0 radical (unpaired) electrons. The number of aryl methyl sites for hydroxylation is 6. The van der Waals surface area contributed by atoms with E-state index >= 15 is 0 Å². The van der Waals surface area contributed by atoms with Gasteiger partial charge in [-0.05, 0) is 95.8 Å². The van der Waals surface area contributed by atoms with Gasteiger partial charge in [0.05, 0.1) is 0 Å². The van der Waals surface area contributed by atoms with Crippen LogP contribution in [0.15, 0.2) is 115 Å². The van der Waals surface area contributed by atoms with Crippen LogP contribution in [0.1, 0.15) is 33.4 Å². The quantitative estimate of drug-likeness (QED) is 0.145. The molecule has 0 aliphatic carbocycles. The molecule has 8 aromatic rings. The molecule has 0 atom stereocenters. The zero-order valence-electron chi connectivity index (χ0n) is 27.0. The summed E-state index contributed by atoms with van der Waals surface area (Å²) < 4.78 is 0. The largest absolute Gasteiger partial charge is 0.243 e. The Kier molecular flexibility index (Phi) is 6.36. The van der Waals surface area contributed by atoms with Gasteiger partial charge in [-0.1, -0.05) is 165 Å². The molecule has 0 amide bonds. The highest BCUT2D eigenvalue weighted by molar-refractivity contribution is 6.98. The van der Waals surface area contributed by atoms with E-state index in [0.717, 1.165) is 0 Å². The predicted octanol–water partition coefficient (Wildman–Crippen LogP) is 9.77. The zero-order chi connectivity index (χ0) is 31.0. The van der Waals surface area contributed by atoms with Gasteiger partial charge in [-0.2, -0.15) is 0 Å². The van der Waals surface area contributed by atoms with Crippen LogP contribution in [-0.4, -0.2) is 6.71 Å². The third-order valence-electron chi connectivity index (χ3n) is 10.1. The minimum Gasteiger partial charge on any atom is -0.0657 e. The maximum atomic E-state index is 2.42. The summed E-state index contributed by atoms with van der Waals surface area (Å²) in [7, 11) is 0. The van der Waals surface area contributed by atoms with Gasteiger partial charge < -0.3 is 0 Å². The lowest BCUT2D eigenvalue weighted by Crippen LogP contribution is -2.56. The first-order valence-corrected chi connectivity index (χ1v) is 16.1. The Morgan fingerprint density at radius 1 is 0.378 bits per heavy atom. The monoisotopic (exact) mass is 576 g/mol. The predicted molar refractivity (Wildman–Crippen MR) is 199 cm³/mol. The summed E-state index contributed by atoms with van der Waals surface area (Å²) in [5.74, 6) is 0. The van der Waals surface area contributed by atoms with Crippen LogP contribution in [-0.2, 0) is 0 Å². The Morgan fingerprint density at radius 3 is 1.51 bits per heavy atom. The average Bonchev–Trinajstić information content (AvgIpc) is 3.01. The van der Waals surface area contributed by atoms with Crippen molar-refractivity contribution in [1.82, 2.24) is 0 Å². The number of benzene rings is 8.